The number of primary amides is 1. The predicted octanol–water partition coefficient (Wildman–Crippen LogP) is -6.29. The number of hydrogen-bond donors (Lipinski definition) is 25. The molecule has 0 aromatic rings. The number of rotatable bonds is 47. The average molecular weight is 1300 g/mol. The van der Waals surface area contributed by atoms with Crippen LogP contribution in [0, 0.1) is 39.4 Å². The van der Waals surface area contributed by atoms with Gasteiger partial charge in [0.1, 0.15) is 48.3 Å². The quantitative estimate of drug-likeness (QED) is 0.0153. The Balaban J connectivity index is 6.92. The van der Waals surface area contributed by atoms with Gasteiger partial charge in [0.2, 0.25) is 59.1 Å². The van der Waals surface area contributed by atoms with E-state index in [0.29, 0.717) is 6.42 Å². The molecule has 37 heteroatoms. The van der Waals surface area contributed by atoms with Crippen molar-refractivity contribution in [2.75, 3.05) is 32.7 Å². The van der Waals surface area contributed by atoms with Crippen LogP contribution in [0.2, 0.25) is 0 Å². The molecule has 0 radical (unpaired) electrons. The van der Waals surface area contributed by atoms with Crippen LogP contribution in [-0.4, -0.2) is 192 Å². The van der Waals surface area contributed by atoms with Crippen LogP contribution >= 0.6 is 0 Å². The van der Waals surface area contributed by atoms with Crippen molar-refractivity contribution in [3.8, 4) is 0 Å². The van der Waals surface area contributed by atoms with Crippen molar-refractivity contribution < 1.29 is 67.7 Å². The van der Waals surface area contributed by atoms with Crippen molar-refractivity contribution in [2.24, 2.45) is 52.2 Å². The summed E-state index contributed by atoms with van der Waals surface area (Å²) in [6, 6.07) is -12.7. The van der Waals surface area contributed by atoms with Gasteiger partial charge in [-0.05, 0) is 88.4 Å². The fraction of sp³-hybridized carbons (Fsp3) is 0.704. The van der Waals surface area contributed by atoms with Gasteiger partial charge in [-0.3, -0.25) is 74.4 Å². The highest BCUT2D eigenvalue weighted by atomic mass is 16.4. The first-order valence-corrected chi connectivity index (χ1v) is 30.1. The molecule has 0 bridgehead atoms. The van der Waals surface area contributed by atoms with E-state index in [-0.39, 0.29) is 120 Å². The summed E-state index contributed by atoms with van der Waals surface area (Å²) >= 11 is 0. The van der Waals surface area contributed by atoms with Gasteiger partial charge >= 0.3 is 11.9 Å². The number of carboxylic acids is 2. The number of hydrogen-bond acceptors (Lipinski definition) is 17. The molecule has 0 spiro atoms. The zero-order valence-corrected chi connectivity index (χ0v) is 52.8. The number of carbonyl (C=O) groups is 12. The molecule has 0 aliphatic carbocycles. The fourth-order valence-corrected chi connectivity index (χ4v) is 8.60. The number of guanidine groups is 4. The van der Waals surface area contributed by atoms with Crippen molar-refractivity contribution in [1.82, 2.24) is 69.1 Å². The van der Waals surface area contributed by atoms with Gasteiger partial charge in [0.05, 0.1) is 12.6 Å². The highest BCUT2D eigenvalue weighted by Gasteiger charge is 2.36. The zero-order valence-electron chi connectivity index (χ0n) is 52.8. The maximum Gasteiger partial charge on any atom is 0.326 e. The molecule has 0 heterocycles. The van der Waals surface area contributed by atoms with E-state index in [9.17, 15) is 67.7 Å². The number of amides is 10. The van der Waals surface area contributed by atoms with Gasteiger partial charge in [-0.25, -0.2) is 4.79 Å². The molecule has 91 heavy (non-hydrogen) atoms. The fourth-order valence-electron chi connectivity index (χ4n) is 8.60. The second-order valence-electron chi connectivity index (χ2n) is 22.3. The lowest BCUT2D eigenvalue weighted by Gasteiger charge is -2.30. The lowest BCUT2D eigenvalue weighted by Crippen LogP contribution is -2.61. The van der Waals surface area contributed by atoms with E-state index in [4.69, 9.17) is 56.0 Å². The van der Waals surface area contributed by atoms with Crippen LogP contribution in [0.4, 0.5) is 0 Å². The molecule has 0 aromatic carbocycles. The molecule has 37 nitrogen and oxygen atoms in total. The minimum absolute atomic E-state index is 0.00531. The third-order valence-corrected chi connectivity index (χ3v) is 14.2. The lowest BCUT2D eigenvalue weighted by atomic mass is 9.96. The molecule has 0 aliphatic heterocycles. The number of nitrogens with two attached hydrogens (primary N) is 6. The van der Waals surface area contributed by atoms with Crippen LogP contribution in [0.3, 0.4) is 0 Å². The third kappa shape index (κ3) is 36.1. The maximum atomic E-state index is 14.5. The van der Waals surface area contributed by atoms with Crippen LogP contribution in [0.5, 0.6) is 0 Å². The second kappa shape index (κ2) is 44.2. The SMILES string of the molecule is CCC(C)C(N)C(=O)N[C@@H](CCCNC(=N)N)C(=O)NC(CCCNC(=N)N)C(=O)NC(C(=O)NC(CCCNC(=N)N)C(=O)NC(CCC(N)=O)C(=O)NCC(=O)NC(CC(C)C)C(=O)NC(CCC(=O)O)C(=O)NC(CCCNC(=N)N)C(=O)O)C(C)CC. The largest absolute Gasteiger partial charge is 0.481 e. The van der Waals surface area contributed by atoms with Gasteiger partial charge in [0, 0.05) is 39.0 Å². The first-order chi connectivity index (χ1) is 42.6. The summed E-state index contributed by atoms with van der Waals surface area (Å²) < 4.78 is 0. The van der Waals surface area contributed by atoms with Gasteiger partial charge in [0.15, 0.2) is 23.8 Å². The van der Waals surface area contributed by atoms with Crippen molar-refractivity contribution >= 4 is 94.8 Å². The highest BCUT2D eigenvalue weighted by Crippen LogP contribution is 2.14. The van der Waals surface area contributed by atoms with Crippen LogP contribution in [-0.2, 0) is 57.5 Å². The second-order valence-corrected chi connectivity index (χ2v) is 22.3. The minimum Gasteiger partial charge on any atom is -0.481 e. The van der Waals surface area contributed by atoms with Gasteiger partial charge in [-0.1, -0.05) is 54.4 Å². The summed E-state index contributed by atoms with van der Waals surface area (Å²) in [4.78, 5) is 161. The van der Waals surface area contributed by atoms with Gasteiger partial charge in [-0.15, -0.1) is 0 Å². The Morgan fingerprint density at radius 1 is 0.396 bits per heavy atom. The number of nitrogens with one attached hydrogen (secondary N) is 17. The van der Waals surface area contributed by atoms with Gasteiger partial charge in [-0.2, -0.15) is 0 Å². The molecule has 10 unspecified atom stereocenters. The smallest absolute Gasteiger partial charge is 0.326 e. The van der Waals surface area contributed by atoms with Crippen LogP contribution in [0.25, 0.3) is 0 Å². The number of carbonyl (C=O) groups excluding carboxylic acids is 10. The normalized spacial score (nSPS) is 14.5. The predicted molar refractivity (Wildman–Crippen MR) is 334 cm³/mol. The molecule has 0 aliphatic rings. The van der Waals surface area contributed by atoms with Crippen molar-refractivity contribution in [3.63, 3.8) is 0 Å². The Bertz CT molecular complexity index is 2490. The molecule has 11 atom stereocenters. The molecule has 516 valence electrons. The van der Waals surface area contributed by atoms with Crippen LogP contribution < -0.4 is 104 Å². The van der Waals surface area contributed by atoms with E-state index < -0.39 is 169 Å². The monoisotopic (exact) mass is 1300 g/mol. The molecule has 31 N–H and O–H groups in total. The number of carboxylic acid groups (broad SMARTS) is 2. The van der Waals surface area contributed by atoms with Crippen molar-refractivity contribution in [1.29, 1.82) is 21.6 Å². The van der Waals surface area contributed by atoms with E-state index in [2.05, 4.69) is 69.1 Å². The highest BCUT2D eigenvalue weighted by molar-refractivity contribution is 5.98. The molecule has 0 saturated heterocycles. The molecule has 0 saturated carbocycles. The molecule has 0 rings (SSSR count). The summed E-state index contributed by atoms with van der Waals surface area (Å²) in [6.45, 7) is 9.79. The van der Waals surface area contributed by atoms with E-state index in [1.165, 1.54) is 0 Å². The Morgan fingerprint density at radius 2 is 0.736 bits per heavy atom. The van der Waals surface area contributed by atoms with Gasteiger partial charge < -0.3 is 114 Å². The van der Waals surface area contributed by atoms with Gasteiger partial charge in [0.25, 0.3) is 0 Å². The van der Waals surface area contributed by atoms with Crippen molar-refractivity contribution in [2.45, 2.75) is 192 Å². The minimum atomic E-state index is -1.62. The Labute approximate surface area is 529 Å². The zero-order chi connectivity index (χ0) is 69.5. The first kappa shape index (κ1) is 81.7. The summed E-state index contributed by atoms with van der Waals surface area (Å²) in [5.74, 6) is -14.7. The van der Waals surface area contributed by atoms with E-state index in [1.807, 2.05) is 6.92 Å². The third-order valence-electron chi connectivity index (χ3n) is 14.2. The van der Waals surface area contributed by atoms with E-state index in [1.54, 1.807) is 34.6 Å². The standard InChI is InChI=1S/C54H101N23O14/c1-7-28(5)40(56)48(88)74-30(13-9-21-65-51(57)58)43(83)71-32(15-11-23-67-53(61)62)46(86)77-41(29(6)8-2)49(89)75-31(14-10-22-66-52(59)60)44(84)72-33(17-19-37(55)78)42(82)69-26-38(79)70-36(25-27(3)4)47(87)73-34(18-20-39(80)81)45(85)76-35(50(90)91)16-12-24-68-54(63)64/h27-36,40-41H,7-26,56H2,1-6H3,(H2,55,78)(H,69,82)(H,70,79)(H,71,83)(H,72,84)(H,73,87)(H,74,88)(H,75,89)(H,76,85)(H,77,86)(H,80,81)(H,90,91)(H4,57,58,65)(H4,59,60,66)(H4,61,62,67)(H4,63,64,68)/t28?,29?,30-,31?,32?,33?,34?,35?,36?,40?,41?/m0/s1. The summed E-state index contributed by atoms with van der Waals surface area (Å²) in [5.41, 5.74) is 33.2. The molecule has 0 aromatic heterocycles. The topological polar surface area (TPSA) is 653 Å². The van der Waals surface area contributed by atoms with Crippen molar-refractivity contribution in [3.05, 3.63) is 0 Å². The molecule has 10 amide bonds. The van der Waals surface area contributed by atoms with Crippen LogP contribution in [0.1, 0.15) is 138 Å². The number of aliphatic carboxylic acids is 2. The summed E-state index contributed by atoms with van der Waals surface area (Å²) in [6.07, 6.45) is -1.18. The average Bonchev–Trinajstić information content (AvgIpc) is 2.25. The Morgan fingerprint density at radius 3 is 1.11 bits per heavy atom. The summed E-state index contributed by atoms with van der Waals surface area (Å²) in [7, 11) is 0. The maximum absolute atomic E-state index is 14.5. The Hall–Kier alpha value is -9.32. The lowest BCUT2D eigenvalue weighted by molar-refractivity contribution is -0.143. The molecular weight excluding hydrogens is 1190 g/mol. The first-order valence-electron chi connectivity index (χ1n) is 30.1. The van der Waals surface area contributed by atoms with E-state index >= 15 is 0 Å². The van der Waals surface area contributed by atoms with Crippen LogP contribution in [0.15, 0.2) is 0 Å². The Kier molecular flexibility index (Phi) is 39.7. The molecule has 0 fully saturated rings. The van der Waals surface area contributed by atoms with E-state index in [0.717, 1.165) is 0 Å². The molecular formula is C54H101N23O14. The summed E-state index contributed by atoms with van der Waals surface area (Å²) in [5, 5.41) is 81.9.